The highest BCUT2D eigenvalue weighted by Crippen LogP contribution is 2.24. The first-order valence-corrected chi connectivity index (χ1v) is 5.36. The summed E-state index contributed by atoms with van der Waals surface area (Å²) in [5.41, 5.74) is 2.44. The van der Waals surface area contributed by atoms with Crippen LogP contribution in [0.25, 0.3) is 0 Å². The van der Waals surface area contributed by atoms with Crippen LogP contribution in [0.2, 0.25) is 0 Å². The van der Waals surface area contributed by atoms with Crippen LogP contribution in [0.3, 0.4) is 0 Å². The zero-order chi connectivity index (χ0) is 10.7. The molecule has 3 nitrogen and oxygen atoms in total. The van der Waals surface area contributed by atoms with Crippen molar-refractivity contribution in [3.8, 4) is 12.3 Å². The molecule has 3 heteroatoms. The minimum atomic E-state index is 0.0194. The molecule has 0 aliphatic heterocycles. The monoisotopic (exact) mass is 201 g/mol. The fraction of sp³-hybridized carbons (Fsp3) is 0.500. The molecule has 1 unspecified atom stereocenters. The van der Waals surface area contributed by atoms with Crippen LogP contribution in [0.1, 0.15) is 31.0 Å². The number of hydrogen-bond acceptors (Lipinski definition) is 3. The molecule has 2 rings (SSSR count). The van der Waals surface area contributed by atoms with Crippen LogP contribution in [-0.2, 0) is 12.8 Å². The van der Waals surface area contributed by atoms with Gasteiger partial charge in [0.1, 0.15) is 12.1 Å². The molecule has 0 saturated carbocycles. The molecular formula is C12H15N3. The Hall–Kier alpha value is -1.56. The van der Waals surface area contributed by atoms with E-state index in [1.165, 1.54) is 24.1 Å². The van der Waals surface area contributed by atoms with E-state index in [0.29, 0.717) is 0 Å². The first kappa shape index (κ1) is 9.97. The lowest BCUT2D eigenvalue weighted by atomic mass is 9.96. The summed E-state index contributed by atoms with van der Waals surface area (Å²) >= 11 is 0. The van der Waals surface area contributed by atoms with Gasteiger partial charge in [0.2, 0.25) is 0 Å². The molecule has 0 radical (unpaired) electrons. The van der Waals surface area contributed by atoms with Gasteiger partial charge in [0.25, 0.3) is 0 Å². The molecule has 15 heavy (non-hydrogen) atoms. The van der Waals surface area contributed by atoms with Gasteiger partial charge in [-0.2, -0.15) is 0 Å². The Bertz CT molecular complexity index is 392. The number of aromatic nitrogens is 2. The summed E-state index contributed by atoms with van der Waals surface area (Å²) in [6.07, 6.45) is 11.5. The molecule has 78 valence electrons. The first-order chi connectivity index (χ1) is 7.31. The van der Waals surface area contributed by atoms with Crippen molar-refractivity contribution in [1.29, 1.82) is 0 Å². The maximum atomic E-state index is 5.34. The first-order valence-electron chi connectivity index (χ1n) is 5.36. The predicted molar refractivity (Wildman–Crippen MR) is 60.6 cm³/mol. The summed E-state index contributed by atoms with van der Waals surface area (Å²) in [7, 11) is 0. The van der Waals surface area contributed by atoms with E-state index in [1.54, 1.807) is 6.33 Å². The van der Waals surface area contributed by atoms with Gasteiger partial charge in [-0.05, 0) is 32.6 Å². The topological polar surface area (TPSA) is 37.8 Å². The van der Waals surface area contributed by atoms with E-state index in [2.05, 4.69) is 21.2 Å². The molecule has 1 heterocycles. The Morgan fingerprint density at radius 2 is 2.20 bits per heavy atom. The summed E-state index contributed by atoms with van der Waals surface area (Å²) in [6, 6.07) is 0.0194. The lowest BCUT2D eigenvalue weighted by Crippen LogP contribution is -2.17. The van der Waals surface area contributed by atoms with Gasteiger partial charge in [0, 0.05) is 11.3 Å². The quantitative estimate of drug-likeness (QED) is 0.741. The smallest absolute Gasteiger partial charge is 0.133 e. The zero-order valence-electron chi connectivity index (χ0n) is 8.95. The Morgan fingerprint density at radius 3 is 3.00 bits per heavy atom. The number of aryl methyl sites for hydroxylation is 1. The summed E-state index contributed by atoms with van der Waals surface area (Å²) < 4.78 is 0. The van der Waals surface area contributed by atoms with E-state index < -0.39 is 0 Å². The number of nitrogens with one attached hydrogen (secondary N) is 1. The van der Waals surface area contributed by atoms with Gasteiger partial charge in [-0.15, -0.1) is 6.42 Å². The molecule has 1 N–H and O–H groups in total. The Balaban J connectivity index is 2.28. The van der Waals surface area contributed by atoms with Gasteiger partial charge in [0.05, 0.1) is 6.04 Å². The second kappa shape index (κ2) is 4.31. The summed E-state index contributed by atoms with van der Waals surface area (Å²) in [5, 5.41) is 3.23. The summed E-state index contributed by atoms with van der Waals surface area (Å²) in [6.45, 7) is 1.96. The minimum absolute atomic E-state index is 0.0194. The summed E-state index contributed by atoms with van der Waals surface area (Å²) in [4.78, 5) is 8.57. The van der Waals surface area contributed by atoms with E-state index in [4.69, 9.17) is 6.42 Å². The van der Waals surface area contributed by atoms with Gasteiger partial charge >= 0.3 is 0 Å². The molecule has 0 bridgehead atoms. The average molecular weight is 201 g/mol. The fourth-order valence-electron chi connectivity index (χ4n) is 1.89. The van der Waals surface area contributed by atoms with Crippen molar-refractivity contribution in [2.24, 2.45) is 0 Å². The fourth-order valence-corrected chi connectivity index (χ4v) is 1.89. The van der Waals surface area contributed by atoms with E-state index in [1.807, 2.05) is 6.92 Å². The molecule has 0 saturated heterocycles. The largest absolute Gasteiger partial charge is 0.356 e. The van der Waals surface area contributed by atoms with Gasteiger partial charge in [-0.3, -0.25) is 0 Å². The van der Waals surface area contributed by atoms with Crippen LogP contribution in [0.5, 0.6) is 0 Å². The van der Waals surface area contributed by atoms with Crippen molar-refractivity contribution in [1.82, 2.24) is 9.97 Å². The van der Waals surface area contributed by atoms with E-state index in [-0.39, 0.29) is 6.04 Å². The zero-order valence-corrected chi connectivity index (χ0v) is 8.95. The van der Waals surface area contributed by atoms with Crippen molar-refractivity contribution in [3.05, 3.63) is 17.6 Å². The van der Waals surface area contributed by atoms with Crippen molar-refractivity contribution >= 4 is 5.82 Å². The van der Waals surface area contributed by atoms with Crippen LogP contribution in [0, 0.1) is 12.3 Å². The molecule has 0 fully saturated rings. The highest BCUT2D eigenvalue weighted by Gasteiger charge is 2.15. The van der Waals surface area contributed by atoms with Gasteiger partial charge < -0.3 is 5.32 Å². The minimum Gasteiger partial charge on any atom is -0.356 e. The maximum Gasteiger partial charge on any atom is 0.133 e. The van der Waals surface area contributed by atoms with Gasteiger partial charge in [-0.25, -0.2) is 9.97 Å². The third-order valence-corrected chi connectivity index (χ3v) is 2.73. The third-order valence-electron chi connectivity index (χ3n) is 2.73. The van der Waals surface area contributed by atoms with Crippen LogP contribution in [0.15, 0.2) is 6.33 Å². The SMILES string of the molecule is C#CC(C)Nc1ncnc2c1CCCC2. The second-order valence-corrected chi connectivity index (χ2v) is 3.89. The molecule has 1 aliphatic carbocycles. The molecule has 0 spiro atoms. The molecular weight excluding hydrogens is 186 g/mol. The number of fused-ring (bicyclic) bond motifs is 1. The van der Waals surface area contributed by atoms with Crippen LogP contribution in [-0.4, -0.2) is 16.0 Å². The normalized spacial score (nSPS) is 16.3. The van der Waals surface area contributed by atoms with Crippen molar-refractivity contribution in [2.75, 3.05) is 5.32 Å². The van der Waals surface area contributed by atoms with Crippen LogP contribution < -0.4 is 5.32 Å². The average Bonchev–Trinajstić information content (AvgIpc) is 2.29. The molecule has 0 aromatic carbocycles. The number of nitrogens with zero attached hydrogens (tertiary/aromatic N) is 2. The Kier molecular flexibility index (Phi) is 2.86. The lowest BCUT2D eigenvalue weighted by molar-refractivity contribution is 0.662. The number of rotatable bonds is 2. The molecule has 1 atom stereocenters. The van der Waals surface area contributed by atoms with Crippen molar-refractivity contribution in [3.63, 3.8) is 0 Å². The summed E-state index contributed by atoms with van der Waals surface area (Å²) in [5.74, 6) is 3.57. The number of hydrogen-bond donors (Lipinski definition) is 1. The van der Waals surface area contributed by atoms with Crippen molar-refractivity contribution in [2.45, 2.75) is 38.6 Å². The molecule has 1 aromatic heterocycles. The second-order valence-electron chi connectivity index (χ2n) is 3.89. The van der Waals surface area contributed by atoms with E-state index >= 15 is 0 Å². The Morgan fingerprint density at radius 1 is 1.40 bits per heavy atom. The van der Waals surface area contributed by atoms with Crippen LogP contribution in [0.4, 0.5) is 5.82 Å². The van der Waals surface area contributed by atoms with Gasteiger partial charge in [0.15, 0.2) is 0 Å². The molecule has 1 aliphatic rings. The van der Waals surface area contributed by atoms with E-state index in [9.17, 15) is 0 Å². The molecule has 0 amide bonds. The third kappa shape index (κ3) is 2.10. The van der Waals surface area contributed by atoms with Crippen LogP contribution >= 0.6 is 0 Å². The predicted octanol–water partition coefficient (Wildman–Crippen LogP) is 1.79. The highest BCUT2D eigenvalue weighted by atomic mass is 15.0. The van der Waals surface area contributed by atoms with Crippen molar-refractivity contribution < 1.29 is 0 Å². The molecule has 1 aromatic rings. The Labute approximate surface area is 90.3 Å². The van der Waals surface area contributed by atoms with Gasteiger partial charge in [-0.1, -0.05) is 5.92 Å². The number of terminal acetylenes is 1. The lowest BCUT2D eigenvalue weighted by Gasteiger charge is -2.19. The number of anilines is 1. The maximum absolute atomic E-state index is 5.34. The standard InChI is InChI=1S/C12H15N3/c1-3-9(2)15-12-10-6-4-5-7-11(10)13-8-14-12/h1,8-9H,4-7H2,2H3,(H,13,14,15). The van der Waals surface area contributed by atoms with E-state index in [0.717, 1.165) is 18.7 Å². The highest BCUT2D eigenvalue weighted by molar-refractivity contribution is 5.48.